The van der Waals surface area contributed by atoms with Crippen molar-refractivity contribution in [2.24, 2.45) is 5.92 Å². The number of ether oxygens (including phenoxy) is 1. The number of amides is 1. The summed E-state index contributed by atoms with van der Waals surface area (Å²) < 4.78 is 32.3. The van der Waals surface area contributed by atoms with Gasteiger partial charge in [0.15, 0.2) is 0 Å². The molecule has 1 atom stereocenters. The standard InChI is InChI=1S/C22H26N2O5S2/c1-14-5-4-12-24(13-14)31(27,28)16-10-8-15(9-11-16)20(25)23-21-19(22(26)29-2)17-6-3-7-18(17)30-21/h8-11,14H,3-7,12-13H2,1-2H3,(H,23,25). The second-order valence-corrected chi connectivity index (χ2v) is 11.2. The molecule has 1 fully saturated rings. The van der Waals surface area contributed by atoms with Gasteiger partial charge in [-0.2, -0.15) is 4.31 Å². The lowest BCUT2D eigenvalue weighted by Gasteiger charge is -2.30. The number of rotatable bonds is 5. The van der Waals surface area contributed by atoms with Gasteiger partial charge in [0.1, 0.15) is 5.00 Å². The first-order chi connectivity index (χ1) is 14.8. The van der Waals surface area contributed by atoms with Crippen LogP contribution in [0.2, 0.25) is 0 Å². The van der Waals surface area contributed by atoms with E-state index in [2.05, 4.69) is 12.2 Å². The molecule has 1 aromatic carbocycles. The summed E-state index contributed by atoms with van der Waals surface area (Å²) >= 11 is 1.41. The minimum atomic E-state index is -3.57. The zero-order chi connectivity index (χ0) is 22.2. The van der Waals surface area contributed by atoms with Crippen molar-refractivity contribution in [3.05, 3.63) is 45.8 Å². The van der Waals surface area contributed by atoms with Crippen LogP contribution in [0.5, 0.6) is 0 Å². The molecule has 9 heteroatoms. The Morgan fingerprint density at radius 3 is 2.58 bits per heavy atom. The summed E-state index contributed by atoms with van der Waals surface area (Å²) in [6.45, 7) is 3.09. The van der Waals surface area contributed by atoms with Gasteiger partial charge in [-0.1, -0.05) is 6.92 Å². The quantitative estimate of drug-likeness (QED) is 0.684. The molecule has 0 saturated carbocycles. The minimum absolute atomic E-state index is 0.184. The maximum atomic E-state index is 12.9. The molecule has 1 unspecified atom stereocenters. The topological polar surface area (TPSA) is 92.8 Å². The molecular weight excluding hydrogens is 436 g/mol. The fourth-order valence-electron chi connectivity index (χ4n) is 4.28. The molecule has 1 aliphatic heterocycles. The number of hydrogen-bond donors (Lipinski definition) is 1. The molecule has 1 aliphatic carbocycles. The Hall–Kier alpha value is -2.23. The van der Waals surface area contributed by atoms with E-state index in [0.29, 0.717) is 35.1 Å². The third-order valence-corrected chi connectivity index (χ3v) is 9.00. The zero-order valence-corrected chi connectivity index (χ0v) is 19.3. The van der Waals surface area contributed by atoms with Crippen LogP contribution >= 0.6 is 11.3 Å². The Labute approximate surface area is 186 Å². The van der Waals surface area contributed by atoms with E-state index >= 15 is 0 Å². The number of hydrogen-bond acceptors (Lipinski definition) is 6. The van der Waals surface area contributed by atoms with Gasteiger partial charge in [-0.25, -0.2) is 13.2 Å². The van der Waals surface area contributed by atoms with E-state index in [1.807, 2.05) is 0 Å². The van der Waals surface area contributed by atoms with Crippen LogP contribution in [-0.4, -0.2) is 44.8 Å². The molecule has 1 aromatic heterocycles. The van der Waals surface area contributed by atoms with Crippen LogP contribution < -0.4 is 5.32 Å². The molecule has 31 heavy (non-hydrogen) atoms. The second kappa shape index (κ2) is 8.72. The van der Waals surface area contributed by atoms with Crippen LogP contribution in [0.3, 0.4) is 0 Å². The fraction of sp³-hybridized carbons (Fsp3) is 0.455. The number of carbonyl (C=O) groups excluding carboxylic acids is 2. The molecule has 1 saturated heterocycles. The fourth-order valence-corrected chi connectivity index (χ4v) is 7.15. The number of esters is 1. The molecule has 0 spiro atoms. The van der Waals surface area contributed by atoms with Gasteiger partial charge in [0.2, 0.25) is 10.0 Å². The van der Waals surface area contributed by atoms with Crippen LogP contribution in [-0.2, 0) is 27.6 Å². The van der Waals surface area contributed by atoms with E-state index in [4.69, 9.17) is 4.74 Å². The predicted molar refractivity (Wildman–Crippen MR) is 119 cm³/mol. The number of nitrogens with one attached hydrogen (secondary N) is 1. The number of benzene rings is 1. The van der Waals surface area contributed by atoms with Crippen molar-refractivity contribution in [3.63, 3.8) is 0 Å². The highest BCUT2D eigenvalue weighted by atomic mass is 32.2. The van der Waals surface area contributed by atoms with Crippen molar-refractivity contribution >= 4 is 38.2 Å². The van der Waals surface area contributed by atoms with Crippen molar-refractivity contribution in [1.29, 1.82) is 0 Å². The van der Waals surface area contributed by atoms with Crippen LogP contribution in [0.1, 0.15) is 57.3 Å². The van der Waals surface area contributed by atoms with Gasteiger partial charge in [0.25, 0.3) is 5.91 Å². The van der Waals surface area contributed by atoms with E-state index in [1.165, 1.54) is 47.0 Å². The number of thiophene rings is 1. The highest BCUT2D eigenvalue weighted by molar-refractivity contribution is 7.89. The summed E-state index contributed by atoms with van der Waals surface area (Å²) in [6, 6.07) is 5.96. The number of piperidine rings is 1. The lowest BCUT2D eigenvalue weighted by atomic mass is 10.0. The molecule has 0 bridgehead atoms. The molecule has 166 valence electrons. The summed E-state index contributed by atoms with van der Waals surface area (Å²) in [7, 11) is -2.24. The van der Waals surface area contributed by atoms with Gasteiger partial charge in [-0.05, 0) is 67.9 Å². The largest absolute Gasteiger partial charge is 0.465 e. The van der Waals surface area contributed by atoms with Gasteiger partial charge >= 0.3 is 5.97 Å². The average Bonchev–Trinajstić information content (AvgIpc) is 3.34. The Kier molecular flexibility index (Phi) is 6.18. The first kappa shape index (κ1) is 22.0. The number of sulfonamides is 1. The Balaban J connectivity index is 1.53. The van der Waals surface area contributed by atoms with Crippen molar-refractivity contribution in [1.82, 2.24) is 4.31 Å². The summed E-state index contributed by atoms with van der Waals surface area (Å²) in [5.74, 6) is -0.502. The maximum absolute atomic E-state index is 12.9. The summed E-state index contributed by atoms with van der Waals surface area (Å²) in [5.41, 5.74) is 1.73. The molecule has 1 N–H and O–H groups in total. The lowest BCUT2D eigenvalue weighted by Crippen LogP contribution is -2.39. The SMILES string of the molecule is COC(=O)c1c(NC(=O)c2ccc(S(=O)(=O)N3CCCC(C)C3)cc2)sc2c1CCC2. The van der Waals surface area contributed by atoms with E-state index in [1.54, 1.807) is 0 Å². The summed E-state index contributed by atoms with van der Waals surface area (Å²) in [5, 5.41) is 3.30. The van der Waals surface area contributed by atoms with Gasteiger partial charge < -0.3 is 10.1 Å². The van der Waals surface area contributed by atoms with Crippen molar-refractivity contribution in [2.75, 3.05) is 25.5 Å². The number of aryl methyl sites for hydroxylation is 1. The molecule has 7 nitrogen and oxygen atoms in total. The predicted octanol–water partition coefficient (Wildman–Crippen LogP) is 3.70. The van der Waals surface area contributed by atoms with Gasteiger partial charge in [-0.15, -0.1) is 11.3 Å². The highest BCUT2D eigenvalue weighted by Gasteiger charge is 2.30. The maximum Gasteiger partial charge on any atom is 0.341 e. The van der Waals surface area contributed by atoms with Crippen molar-refractivity contribution < 1.29 is 22.7 Å². The minimum Gasteiger partial charge on any atom is -0.465 e. The van der Waals surface area contributed by atoms with Crippen molar-refractivity contribution in [3.8, 4) is 0 Å². The molecular formula is C22H26N2O5S2. The van der Waals surface area contributed by atoms with E-state index < -0.39 is 16.0 Å². The average molecular weight is 463 g/mol. The normalized spacial score (nSPS) is 19.1. The Morgan fingerprint density at radius 2 is 1.90 bits per heavy atom. The smallest absolute Gasteiger partial charge is 0.341 e. The third-order valence-electron chi connectivity index (χ3n) is 5.91. The van der Waals surface area contributed by atoms with E-state index in [0.717, 1.165) is 42.5 Å². The molecule has 4 rings (SSSR count). The highest BCUT2D eigenvalue weighted by Crippen LogP contribution is 2.39. The van der Waals surface area contributed by atoms with Crippen LogP contribution in [0.4, 0.5) is 5.00 Å². The van der Waals surface area contributed by atoms with Gasteiger partial charge in [0, 0.05) is 23.5 Å². The number of carbonyl (C=O) groups is 2. The summed E-state index contributed by atoms with van der Waals surface area (Å²) in [4.78, 5) is 26.3. The Morgan fingerprint density at radius 1 is 1.16 bits per heavy atom. The van der Waals surface area contributed by atoms with Gasteiger partial charge in [-0.3, -0.25) is 4.79 Å². The van der Waals surface area contributed by atoms with Gasteiger partial charge in [0.05, 0.1) is 17.6 Å². The first-order valence-corrected chi connectivity index (χ1v) is 12.7. The summed E-state index contributed by atoms with van der Waals surface area (Å²) in [6.07, 6.45) is 4.57. The number of methoxy groups -OCH3 is 1. The number of fused-ring (bicyclic) bond motifs is 1. The molecule has 2 heterocycles. The molecule has 2 aromatic rings. The van der Waals surface area contributed by atoms with Crippen LogP contribution in [0.25, 0.3) is 0 Å². The number of anilines is 1. The van der Waals surface area contributed by atoms with Crippen LogP contribution in [0, 0.1) is 5.92 Å². The van der Waals surface area contributed by atoms with E-state index in [9.17, 15) is 18.0 Å². The molecule has 0 radical (unpaired) electrons. The zero-order valence-electron chi connectivity index (χ0n) is 17.6. The third kappa shape index (κ3) is 4.26. The second-order valence-electron chi connectivity index (χ2n) is 8.14. The number of nitrogens with zero attached hydrogens (tertiary/aromatic N) is 1. The van der Waals surface area contributed by atoms with Crippen LogP contribution in [0.15, 0.2) is 29.2 Å². The monoisotopic (exact) mass is 462 g/mol. The molecule has 1 amide bonds. The first-order valence-electron chi connectivity index (χ1n) is 10.5. The van der Waals surface area contributed by atoms with E-state index in [-0.39, 0.29) is 10.8 Å². The molecule has 2 aliphatic rings. The lowest BCUT2D eigenvalue weighted by molar-refractivity contribution is 0.0601. The Bertz CT molecular complexity index is 1110. The van der Waals surface area contributed by atoms with Crippen molar-refractivity contribution in [2.45, 2.75) is 43.9 Å².